The summed E-state index contributed by atoms with van der Waals surface area (Å²) in [5.41, 5.74) is 6.13. The number of hydrogen-bond donors (Lipinski definition) is 0. The van der Waals surface area contributed by atoms with Gasteiger partial charge in [0.25, 0.3) is 0 Å². The van der Waals surface area contributed by atoms with Gasteiger partial charge in [-0.3, -0.25) is 0 Å². The molecule has 0 radical (unpaired) electrons. The minimum atomic E-state index is 1.06. The van der Waals surface area contributed by atoms with Crippen LogP contribution in [0.4, 0.5) is 0 Å². The Kier molecular flexibility index (Phi) is 4.92. The van der Waals surface area contributed by atoms with Crippen LogP contribution in [0, 0.1) is 18.8 Å². The summed E-state index contributed by atoms with van der Waals surface area (Å²) in [6, 6.07) is 27.5. The summed E-state index contributed by atoms with van der Waals surface area (Å²) in [6.45, 7) is 2.09. The molecule has 0 aromatic heterocycles. The Labute approximate surface area is 138 Å². The largest absolute Gasteiger partial charge is 0.0622 e. The standard InChI is InChI=1S/C23H20/c1-19-7-9-21(10-8-19)13-14-23-17-15-22(16-18-23)12-11-20-5-3-2-4-6-20/h2-10,15-18H,11-12H2,1H3. The normalized spacial score (nSPS) is 9.96. The molecule has 0 bridgehead atoms. The van der Waals surface area contributed by atoms with Gasteiger partial charge in [0, 0.05) is 11.1 Å². The van der Waals surface area contributed by atoms with Crippen molar-refractivity contribution in [2.75, 3.05) is 0 Å². The first-order valence-corrected chi connectivity index (χ1v) is 8.01. The minimum Gasteiger partial charge on any atom is -0.0622 e. The van der Waals surface area contributed by atoms with Gasteiger partial charge in [-0.15, -0.1) is 0 Å². The zero-order valence-corrected chi connectivity index (χ0v) is 13.4. The zero-order chi connectivity index (χ0) is 15.9. The third-order valence-corrected chi connectivity index (χ3v) is 3.90. The summed E-state index contributed by atoms with van der Waals surface area (Å²) >= 11 is 0. The van der Waals surface area contributed by atoms with Crippen molar-refractivity contribution in [3.63, 3.8) is 0 Å². The molecule has 0 saturated heterocycles. The first-order chi connectivity index (χ1) is 11.3. The van der Waals surface area contributed by atoms with Crippen LogP contribution in [0.15, 0.2) is 78.9 Å². The second-order valence-corrected chi connectivity index (χ2v) is 5.80. The van der Waals surface area contributed by atoms with Crippen LogP contribution in [0.3, 0.4) is 0 Å². The van der Waals surface area contributed by atoms with Crippen molar-refractivity contribution in [1.29, 1.82) is 0 Å². The lowest BCUT2D eigenvalue weighted by molar-refractivity contribution is 0.960. The molecule has 0 aliphatic rings. The van der Waals surface area contributed by atoms with Crippen molar-refractivity contribution in [2.45, 2.75) is 19.8 Å². The Balaban J connectivity index is 1.62. The highest BCUT2D eigenvalue weighted by molar-refractivity contribution is 5.44. The lowest BCUT2D eigenvalue weighted by Crippen LogP contribution is -1.91. The highest BCUT2D eigenvalue weighted by Gasteiger charge is 1.96. The van der Waals surface area contributed by atoms with Crippen molar-refractivity contribution in [1.82, 2.24) is 0 Å². The van der Waals surface area contributed by atoms with E-state index in [4.69, 9.17) is 0 Å². The fraction of sp³-hybridized carbons (Fsp3) is 0.130. The van der Waals surface area contributed by atoms with E-state index in [1.807, 2.05) is 0 Å². The molecule has 112 valence electrons. The summed E-state index contributed by atoms with van der Waals surface area (Å²) < 4.78 is 0. The Morgan fingerprint density at radius 1 is 0.565 bits per heavy atom. The summed E-state index contributed by atoms with van der Waals surface area (Å²) in [5.74, 6) is 6.45. The van der Waals surface area contributed by atoms with Crippen LogP contribution in [0.1, 0.15) is 27.8 Å². The minimum absolute atomic E-state index is 1.06. The van der Waals surface area contributed by atoms with Crippen LogP contribution >= 0.6 is 0 Å². The fourth-order valence-corrected chi connectivity index (χ4v) is 2.47. The zero-order valence-electron chi connectivity index (χ0n) is 13.4. The van der Waals surface area contributed by atoms with Crippen molar-refractivity contribution >= 4 is 0 Å². The molecule has 0 heteroatoms. The third kappa shape index (κ3) is 4.59. The van der Waals surface area contributed by atoms with Gasteiger partial charge < -0.3 is 0 Å². The van der Waals surface area contributed by atoms with E-state index in [0.29, 0.717) is 0 Å². The highest BCUT2D eigenvalue weighted by Crippen LogP contribution is 2.09. The van der Waals surface area contributed by atoms with E-state index in [2.05, 4.69) is 97.6 Å². The third-order valence-electron chi connectivity index (χ3n) is 3.90. The van der Waals surface area contributed by atoms with E-state index in [-0.39, 0.29) is 0 Å². The smallest absolute Gasteiger partial charge is 0.0249 e. The molecule has 0 saturated carbocycles. The van der Waals surface area contributed by atoms with Crippen LogP contribution in [0.2, 0.25) is 0 Å². The molecule has 3 aromatic rings. The Hall–Kier alpha value is -2.78. The second-order valence-electron chi connectivity index (χ2n) is 5.80. The maximum Gasteiger partial charge on any atom is 0.0249 e. The Morgan fingerprint density at radius 3 is 1.61 bits per heavy atom. The molecule has 0 nitrogen and oxygen atoms in total. The molecular formula is C23H20. The van der Waals surface area contributed by atoms with Gasteiger partial charge in [-0.2, -0.15) is 0 Å². The molecule has 0 aliphatic heterocycles. The first-order valence-electron chi connectivity index (χ1n) is 8.01. The summed E-state index contributed by atoms with van der Waals surface area (Å²) in [7, 11) is 0. The van der Waals surface area contributed by atoms with Gasteiger partial charge in [-0.25, -0.2) is 0 Å². The molecule has 0 heterocycles. The van der Waals surface area contributed by atoms with Crippen LogP contribution in [-0.2, 0) is 12.8 Å². The lowest BCUT2D eigenvalue weighted by Gasteiger charge is -2.02. The van der Waals surface area contributed by atoms with Gasteiger partial charge >= 0.3 is 0 Å². The molecule has 3 rings (SSSR count). The number of hydrogen-bond acceptors (Lipinski definition) is 0. The molecule has 0 atom stereocenters. The highest BCUT2D eigenvalue weighted by atomic mass is 14.0. The predicted octanol–water partition coefficient (Wildman–Crippen LogP) is 5.18. The van der Waals surface area contributed by atoms with E-state index >= 15 is 0 Å². The van der Waals surface area contributed by atoms with E-state index < -0.39 is 0 Å². The maximum atomic E-state index is 3.23. The van der Waals surface area contributed by atoms with E-state index in [1.54, 1.807) is 0 Å². The fourth-order valence-electron chi connectivity index (χ4n) is 2.47. The second kappa shape index (κ2) is 7.47. The van der Waals surface area contributed by atoms with Gasteiger partial charge in [0.1, 0.15) is 0 Å². The number of rotatable bonds is 3. The molecule has 0 aliphatic carbocycles. The van der Waals surface area contributed by atoms with Crippen molar-refractivity contribution in [3.05, 3.63) is 107 Å². The molecule has 0 fully saturated rings. The first kappa shape index (κ1) is 15.1. The quantitative estimate of drug-likeness (QED) is 0.584. The van der Waals surface area contributed by atoms with Gasteiger partial charge in [-0.05, 0) is 55.2 Å². The lowest BCUT2D eigenvalue weighted by atomic mass is 10.0. The van der Waals surface area contributed by atoms with E-state index in [9.17, 15) is 0 Å². The SMILES string of the molecule is Cc1ccc(C#Cc2ccc(CCc3ccccc3)cc2)cc1. The maximum absolute atomic E-state index is 3.23. The van der Waals surface area contributed by atoms with Crippen LogP contribution in [0.5, 0.6) is 0 Å². The van der Waals surface area contributed by atoms with Gasteiger partial charge in [0.15, 0.2) is 0 Å². The molecule has 0 unspecified atom stereocenters. The summed E-state index contributed by atoms with van der Waals surface area (Å²) in [4.78, 5) is 0. The van der Waals surface area contributed by atoms with Crippen LogP contribution < -0.4 is 0 Å². The topological polar surface area (TPSA) is 0 Å². The van der Waals surface area contributed by atoms with E-state index in [1.165, 1.54) is 16.7 Å². The average molecular weight is 296 g/mol. The summed E-state index contributed by atoms with van der Waals surface area (Å²) in [5, 5.41) is 0. The predicted molar refractivity (Wildman–Crippen MR) is 97.5 cm³/mol. The molecule has 0 amide bonds. The number of aryl methyl sites for hydroxylation is 3. The molecule has 0 spiro atoms. The summed E-state index contributed by atoms with van der Waals surface area (Å²) in [6.07, 6.45) is 2.14. The van der Waals surface area contributed by atoms with Crippen molar-refractivity contribution < 1.29 is 0 Å². The Morgan fingerprint density at radius 2 is 1.04 bits per heavy atom. The van der Waals surface area contributed by atoms with E-state index in [0.717, 1.165) is 24.0 Å². The molecule has 23 heavy (non-hydrogen) atoms. The van der Waals surface area contributed by atoms with Gasteiger partial charge in [-0.1, -0.05) is 72.0 Å². The van der Waals surface area contributed by atoms with Gasteiger partial charge in [0.2, 0.25) is 0 Å². The van der Waals surface area contributed by atoms with Crippen molar-refractivity contribution in [2.24, 2.45) is 0 Å². The molecular weight excluding hydrogens is 276 g/mol. The van der Waals surface area contributed by atoms with Gasteiger partial charge in [0.05, 0.1) is 0 Å². The van der Waals surface area contributed by atoms with Crippen molar-refractivity contribution in [3.8, 4) is 11.8 Å². The molecule has 0 N–H and O–H groups in total. The average Bonchev–Trinajstić information content (AvgIpc) is 2.61. The molecule has 3 aromatic carbocycles. The Bertz CT molecular complexity index is 798. The van der Waals surface area contributed by atoms with Crippen LogP contribution in [-0.4, -0.2) is 0 Å². The number of benzene rings is 3. The monoisotopic (exact) mass is 296 g/mol. The van der Waals surface area contributed by atoms with Crippen LogP contribution in [0.25, 0.3) is 0 Å².